The number of aryl methyl sites for hydroxylation is 2. The van der Waals surface area contributed by atoms with Crippen LogP contribution >= 0.6 is 0 Å². The summed E-state index contributed by atoms with van der Waals surface area (Å²) in [5, 5.41) is 0. The third-order valence-corrected chi connectivity index (χ3v) is 8.41. The van der Waals surface area contributed by atoms with Gasteiger partial charge in [-0.2, -0.15) is 4.31 Å². The van der Waals surface area contributed by atoms with Gasteiger partial charge in [0.15, 0.2) is 0 Å². The molecule has 4 rings (SSSR count). The molecular weight excluding hydrogens is 400 g/mol. The number of aromatic nitrogens is 1. The zero-order valence-corrected chi connectivity index (χ0v) is 18.7. The van der Waals surface area contributed by atoms with E-state index in [4.69, 9.17) is 0 Å². The number of hydrogen-bond acceptors (Lipinski definition) is 4. The summed E-state index contributed by atoms with van der Waals surface area (Å²) in [7, 11) is -3.53. The highest BCUT2D eigenvalue weighted by Gasteiger charge is 2.32. The number of hydrogen-bond donors (Lipinski definition) is 0. The maximum Gasteiger partial charge on any atom is 0.243 e. The van der Waals surface area contributed by atoms with E-state index in [2.05, 4.69) is 28.7 Å². The quantitative estimate of drug-likeness (QED) is 0.744. The predicted molar refractivity (Wildman–Crippen MR) is 116 cm³/mol. The minimum atomic E-state index is -3.53. The van der Waals surface area contributed by atoms with Crippen LogP contribution in [0.25, 0.3) is 0 Å². The van der Waals surface area contributed by atoms with Gasteiger partial charge in [-0.3, -0.25) is 9.69 Å². The molecule has 0 radical (unpaired) electrons. The van der Waals surface area contributed by atoms with E-state index in [9.17, 15) is 13.2 Å². The largest absolute Gasteiger partial charge is 0.349 e. The van der Waals surface area contributed by atoms with Gasteiger partial charge in [-0.05, 0) is 56.2 Å². The second-order valence-electron chi connectivity index (χ2n) is 8.30. The van der Waals surface area contributed by atoms with Gasteiger partial charge >= 0.3 is 0 Å². The maximum absolute atomic E-state index is 13.0. The van der Waals surface area contributed by atoms with Crippen molar-refractivity contribution < 1.29 is 13.2 Å². The van der Waals surface area contributed by atoms with E-state index < -0.39 is 10.0 Å². The van der Waals surface area contributed by atoms with Gasteiger partial charge in [0.2, 0.25) is 15.9 Å². The van der Waals surface area contributed by atoms with Crippen LogP contribution in [0.15, 0.2) is 41.4 Å². The number of rotatable bonds is 4. The van der Waals surface area contributed by atoms with Crippen LogP contribution in [0.1, 0.15) is 29.8 Å². The fraction of sp³-hybridized carbons (Fsp3) is 0.500. The monoisotopic (exact) mass is 430 g/mol. The molecule has 8 heteroatoms. The van der Waals surface area contributed by atoms with E-state index in [0.29, 0.717) is 37.6 Å². The van der Waals surface area contributed by atoms with E-state index >= 15 is 0 Å². The van der Waals surface area contributed by atoms with Crippen LogP contribution in [-0.2, 0) is 21.4 Å². The number of piperazine rings is 1. The first-order valence-corrected chi connectivity index (χ1v) is 12.0. The van der Waals surface area contributed by atoms with Crippen molar-refractivity contribution in [3.63, 3.8) is 0 Å². The Hall–Kier alpha value is -2.16. The lowest BCUT2D eigenvalue weighted by molar-refractivity contribution is -0.134. The Morgan fingerprint density at radius 3 is 2.43 bits per heavy atom. The summed E-state index contributed by atoms with van der Waals surface area (Å²) in [5.41, 5.74) is 3.27. The molecule has 0 N–H and O–H groups in total. The van der Waals surface area contributed by atoms with Crippen molar-refractivity contribution in [2.75, 3.05) is 39.3 Å². The number of amides is 1. The Kier molecular flexibility index (Phi) is 5.74. The van der Waals surface area contributed by atoms with Crippen molar-refractivity contribution in [3.8, 4) is 0 Å². The molecule has 0 saturated carbocycles. The van der Waals surface area contributed by atoms with Crippen molar-refractivity contribution in [3.05, 3.63) is 53.3 Å². The predicted octanol–water partition coefficient (Wildman–Crippen LogP) is 2.01. The Balaban J connectivity index is 1.36. The molecule has 1 fully saturated rings. The van der Waals surface area contributed by atoms with Gasteiger partial charge in [0.05, 0.1) is 11.4 Å². The third kappa shape index (κ3) is 3.91. The summed E-state index contributed by atoms with van der Waals surface area (Å²) in [5.74, 6) is 0.0742. The first-order valence-electron chi connectivity index (χ1n) is 10.5. The van der Waals surface area contributed by atoms with Crippen LogP contribution in [0.4, 0.5) is 0 Å². The maximum atomic E-state index is 13.0. The summed E-state index contributed by atoms with van der Waals surface area (Å²) in [4.78, 5) is 17.2. The van der Waals surface area contributed by atoms with Crippen molar-refractivity contribution in [1.29, 1.82) is 0 Å². The van der Waals surface area contributed by atoms with Crippen LogP contribution in [0.3, 0.4) is 0 Å². The minimum Gasteiger partial charge on any atom is -0.349 e. The van der Waals surface area contributed by atoms with Gasteiger partial charge in [-0.25, -0.2) is 8.42 Å². The van der Waals surface area contributed by atoms with Crippen LogP contribution in [0.2, 0.25) is 0 Å². The van der Waals surface area contributed by atoms with Crippen molar-refractivity contribution >= 4 is 15.9 Å². The summed E-state index contributed by atoms with van der Waals surface area (Å²) < 4.78 is 29.7. The number of sulfonamides is 1. The van der Waals surface area contributed by atoms with Crippen LogP contribution in [0.5, 0.6) is 0 Å². The minimum absolute atomic E-state index is 0.0742. The van der Waals surface area contributed by atoms with Crippen molar-refractivity contribution in [2.45, 2.75) is 38.3 Å². The molecule has 30 heavy (non-hydrogen) atoms. The molecule has 1 aromatic heterocycles. The fourth-order valence-electron chi connectivity index (χ4n) is 4.32. The van der Waals surface area contributed by atoms with E-state index in [1.54, 1.807) is 17.0 Å². The average molecular weight is 431 g/mol. The lowest BCUT2D eigenvalue weighted by atomic mass is 10.1. The SMILES string of the molecule is Cc1ccc(S(=O)(=O)N2CCN(C(=O)CN3CCn4cccc4C3C)CC2)cc1C. The van der Waals surface area contributed by atoms with E-state index in [0.717, 1.165) is 24.2 Å². The van der Waals surface area contributed by atoms with Crippen molar-refractivity contribution in [1.82, 2.24) is 18.7 Å². The highest BCUT2D eigenvalue weighted by Crippen LogP contribution is 2.25. The van der Waals surface area contributed by atoms with E-state index in [1.807, 2.05) is 26.0 Å². The molecule has 162 valence electrons. The van der Waals surface area contributed by atoms with Gasteiger partial charge in [0.25, 0.3) is 0 Å². The molecule has 1 amide bonds. The summed E-state index contributed by atoms with van der Waals surface area (Å²) >= 11 is 0. The molecule has 0 bridgehead atoms. The second-order valence-corrected chi connectivity index (χ2v) is 10.2. The molecule has 2 aliphatic rings. The highest BCUT2D eigenvalue weighted by molar-refractivity contribution is 7.89. The molecule has 0 spiro atoms. The summed E-state index contributed by atoms with van der Waals surface area (Å²) in [6, 6.07) is 9.60. The molecule has 7 nitrogen and oxygen atoms in total. The zero-order chi connectivity index (χ0) is 21.5. The first-order chi connectivity index (χ1) is 14.3. The van der Waals surface area contributed by atoms with Crippen LogP contribution < -0.4 is 0 Å². The summed E-state index contributed by atoms with van der Waals surface area (Å²) in [6.07, 6.45) is 2.08. The molecule has 2 aromatic rings. The van der Waals surface area contributed by atoms with Crippen molar-refractivity contribution in [2.24, 2.45) is 0 Å². The third-order valence-electron chi connectivity index (χ3n) is 6.51. The van der Waals surface area contributed by atoms with Gasteiger partial charge in [-0.15, -0.1) is 0 Å². The van der Waals surface area contributed by atoms with Gasteiger partial charge in [0, 0.05) is 57.2 Å². The Labute approximate surface area is 178 Å². The molecule has 1 atom stereocenters. The lowest BCUT2D eigenvalue weighted by Gasteiger charge is -2.38. The number of carbonyl (C=O) groups is 1. The number of benzene rings is 1. The number of carbonyl (C=O) groups excluding carboxylic acids is 1. The number of fused-ring (bicyclic) bond motifs is 1. The lowest BCUT2D eigenvalue weighted by Crippen LogP contribution is -2.53. The molecule has 2 aliphatic heterocycles. The first kappa shape index (κ1) is 21.1. The van der Waals surface area contributed by atoms with Gasteiger partial charge in [-0.1, -0.05) is 6.07 Å². The fourth-order valence-corrected chi connectivity index (χ4v) is 5.83. The van der Waals surface area contributed by atoms with E-state index in [-0.39, 0.29) is 11.9 Å². The van der Waals surface area contributed by atoms with Gasteiger partial charge in [0.1, 0.15) is 0 Å². The summed E-state index contributed by atoms with van der Waals surface area (Å²) in [6.45, 7) is 9.65. The highest BCUT2D eigenvalue weighted by atomic mass is 32.2. The Bertz CT molecular complexity index is 1040. The molecule has 1 saturated heterocycles. The van der Waals surface area contributed by atoms with Gasteiger partial charge < -0.3 is 9.47 Å². The molecule has 1 aromatic carbocycles. The smallest absolute Gasteiger partial charge is 0.243 e. The normalized spacial score (nSPS) is 20.9. The molecular formula is C22H30N4O3S. The Morgan fingerprint density at radius 1 is 1.00 bits per heavy atom. The zero-order valence-electron chi connectivity index (χ0n) is 17.9. The second kappa shape index (κ2) is 8.17. The van der Waals surface area contributed by atoms with E-state index in [1.165, 1.54) is 10.00 Å². The molecule has 1 unspecified atom stereocenters. The standard InChI is InChI=1S/C22H30N4O3S/c1-17-6-7-20(15-18(17)2)30(28,29)26-13-11-24(12-14-26)22(27)16-25-10-9-23-8-4-5-21(23)19(25)3/h4-8,15,19H,9-14,16H2,1-3H3. The topological polar surface area (TPSA) is 65.9 Å². The number of nitrogens with zero attached hydrogens (tertiary/aromatic N) is 4. The average Bonchev–Trinajstić information content (AvgIpc) is 3.22. The van der Waals surface area contributed by atoms with Crippen LogP contribution in [0, 0.1) is 13.8 Å². The van der Waals surface area contributed by atoms with Crippen LogP contribution in [-0.4, -0.2) is 72.3 Å². The molecule has 3 heterocycles. The molecule has 0 aliphatic carbocycles. The Morgan fingerprint density at radius 2 is 1.73 bits per heavy atom.